The molecule has 1 aliphatic rings. The number of nitrogens with one attached hydrogen (secondary N) is 1. The van der Waals surface area contributed by atoms with E-state index in [4.69, 9.17) is 0 Å². The van der Waals surface area contributed by atoms with E-state index in [0.29, 0.717) is 13.1 Å². The Morgan fingerprint density at radius 3 is 2.47 bits per heavy atom. The summed E-state index contributed by atoms with van der Waals surface area (Å²) in [6, 6.07) is -0.130. The van der Waals surface area contributed by atoms with Crippen molar-refractivity contribution in [1.29, 1.82) is 0 Å². The number of likely N-dealkylation sites (N-methyl/N-ethyl adjacent to an activating group) is 2. The Hall–Kier alpha value is -0.750. The van der Waals surface area contributed by atoms with Crippen molar-refractivity contribution in [2.45, 2.75) is 19.9 Å². The van der Waals surface area contributed by atoms with Crippen LogP contribution < -0.4 is 5.32 Å². The van der Waals surface area contributed by atoms with Crippen LogP contribution in [-0.4, -0.2) is 66.0 Å². The summed E-state index contributed by atoms with van der Waals surface area (Å²) >= 11 is 1.71. The Morgan fingerprint density at radius 1 is 1.35 bits per heavy atom. The normalized spacial score (nSPS) is 19.1. The average molecular weight is 259 g/mol. The van der Waals surface area contributed by atoms with Crippen molar-refractivity contribution in [1.82, 2.24) is 15.1 Å². The van der Waals surface area contributed by atoms with Crippen LogP contribution in [0.5, 0.6) is 0 Å². The molecule has 1 N–H and O–H groups in total. The van der Waals surface area contributed by atoms with Gasteiger partial charge in [-0.05, 0) is 13.8 Å². The lowest BCUT2D eigenvalue weighted by molar-refractivity contribution is -0.139. The van der Waals surface area contributed by atoms with Crippen molar-refractivity contribution in [3.63, 3.8) is 0 Å². The summed E-state index contributed by atoms with van der Waals surface area (Å²) in [5.41, 5.74) is 0. The maximum atomic E-state index is 12.0. The Labute approximate surface area is 107 Å². The van der Waals surface area contributed by atoms with Crippen LogP contribution in [0.4, 0.5) is 0 Å². The molecule has 1 saturated heterocycles. The lowest BCUT2D eigenvalue weighted by Gasteiger charge is -2.24. The highest BCUT2D eigenvalue weighted by Crippen LogP contribution is 2.11. The third-order valence-corrected chi connectivity index (χ3v) is 3.82. The van der Waals surface area contributed by atoms with E-state index in [0.717, 1.165) is 11.6 Å². The first kappa shape index (κ1) is 14.3. The molecule has 1 rings (SSSR count). The van der Waals surface area contributed by atoms with E-state index in [-0.39, 0.29) is 24.4 Å². The van der Waals surface area contributed by atoms with Gasteiger partial charge in [-0.1, -0.05) is 0 Å². The van der Waals surface area contributed by atoms with Gasteiger partial charge in [0.2, 0.25) is 11.8 Å². The van der Waals surface area contributed by atoms with Gasteiger partial charge in [-0.2, -0.15) is 0 Å². The summed E-state index contributed by atoms with van der Waals surface area (Å²) in [4.78, 5) is 27.1. The van der Waals surface area contributed by atoms with Gasteiger partial charge in [-0.15, -0.1) is 11.8 Å². The molecular formula is C11H21N3O2S. The molecule has 17 heavy (non-hydrogen) atoms. The Bertz CT molecular complexity index is 276. The van der Waals surface area contributed by atoms with E-state index in [1.54, 1.807) is 23.7 Å². The summed E-state index contributed by atoms with van der Waals surface area (Å²) < 4.78 is 0. The van der Waals surface area contributed by atoms with Crippen molar-refractivity contribution in [3.8, 4) is 0 Å². The quantitative estimate of drug-likeness (QED) is 0.754. The zero-order chi connectivity index (χ0) is 12.8. The second-order valence-electron chi connectivity index (χ2n) is 4.03. The summed E-state index contributed by atoms with van der Waals surface area (Å²) in [5, 5.41) is 3.11. The average Bonchev–Trinajstić information content (AvgIpc) is 2.83. The van der Waals surface area contributed by atoms with E-state index in [2.05, 4.69) is 5.32 Å². The number of hydrogen-bond donors (Lipinski definition) is 1. The van der Waals surface area contributed by atoms with Crippen molar-refractivity contribution >= 4 is 23.6 Å². The van der Waals surface area contributed by atoms with Crippen molar-refractivity contribution in [2.75, 3.05) is 38.3 Å². The zero-order valence-electron chi connectivity index (χ0n) is 10.7. The molecule has 0 aromatic heterocycles. The van der Waals surface area contributed by atoms with Crippen LogP contribution in [0.1, 0.15) is 13.8 Å². The molecule has 1 aliphatic heterocycles. The minimum absolute atomic E-state index is 0.00973. The fourth-order valence-electron chi connectivity index (χ4n) is 1.78. The van der Waals surface area contributed by atoms with Crippen LogP contribution in [0.3, 0.4) is 0 Å². The molecule has 1 heterocycles. The van der Waals surface area contributed by atoms with Gasteiger partial charge in [0.15, 0.2) is 0 Å². The predicted octanol–water partition coefficient (Wildman–Crippen LogP) is -0.0243. The van der Waals surface area contributed by atoms with Gasteiger partial charge in [-0.3, -0.25) is 14.9 Å². The van der Waals surface area contributed by atoms with Crippen molar-refractivity contribution < 1.29 is 9.59 Å². The first-order valence-electron chi connectivity index (χ1n) is 5.94. The highest BCUT2D eigenvalue weighted by Gasteiger charge is 2.26. The molecule has 0 aromatic carbocycles. The van der Waals surface area contributed by atoms with Gasteiger partial charge < -0.3 is 9.80 Å². The molecule has 0 bridgehead atoms. The molecular weight excluding hydrogens is 238 g/mol. The molecule has 0 spiro atoms. The van der Waals surface area contributed by atoms with Gasteiger partial charge in [0, 0.05) is 31.8 Å². The van der Waals surface area contributed by atoms with Crippen LogP contribution >= 0.6 is 11.8 Å². The molecule has 1 unspecified atom stereocenters. The lowest BCUT2D eigenvalue weighted by atomic mass is 10.3. The molecule has 1 atom stereocenters. The van der Waals surface area contributed by atoms with Gasteiger partial charge in [0.1, 0.15) is 0 Å². The first-order valence-corrected chi connectivity index (χ1v) is 7.09. The monoisotopic (exact) mass is 259 g/mol. The third-order valence-electron chi connectivity index (χ3n) is 2.88. The number of hydrogen-bond acceptors (Lipinski definition) is 4. The summed E-state index contributed by atoms with van der Waals surface area (Å²) in [6.45, 7) is 5.43. The topological polar surface area (TPSA) is 52.7 Å². The molecule has 1 fully saturated rings. The van der Waals surface area contributed by atoms with E-state index < -0.39 is 0 Å². The van der Waals surface area contributed by atoms with E-state index >= 15 is 0 Å². The number of nitrogens with zero attached hydrogens (tertiary/aromatic N) is 2. The van der Waals surface area contributed by atoms with Gasteiger partial charge in [0.05, 0.1) is 12.6 Å². The third kappa shape index (κ3) is 3.89. The van der Waals surface area contributed by atoms with Crippen LogP contribution in [0.25, 0.3) is 0 Å². The second-order valence-corrected chi connectivity index (χ2v) is 5.06. The Morgan fingerprint density at radius 2 is 2.00 bits per heavy atom. The van der Waals surface area contributed by atoms with Crippen LogP contribution in [0, 0.1) is 0 Å². The summed E-state index contributed by atoms with van der Waals surface area (Å²) in [7, 11) is 1.69. The van der Waals surface area contributed by atoms with Gasteiger partial charge in [-0.25, -0.2) is 0 Å². The fourth-order valence-corrected chi connectivity index (χ4v) is 2.71. The van der Waals surface area contributed by atoms with Crippen LogP contribution in [-0.2, 0) is 9.59 Å². The molecule has 2 amide bonds. The maximum absolute atomic E-state index is 12.0. The molecule has 0 saturated carbocycles. The number of carbonyl (C=O) groups excluding carboxylic acids is 2. The lowest BCUT2D eigenvalue weighted by Crippen LogP contribution is -2.47. The summed E-state index contributed by atoms with van der Waals surface area (Å²) in [6.07, 6.45) is 0. The highest BCUT2D eigenvalue weighted by molar-refractivity contribution is 7.99. The predicted molar refractivity (Wildman–Crippen MR) is 69.8 cm³/mol. The molecule has 0 radical (unpaired) electrons. The Balaban J connectivity index is 2.44. The molecule has 5 nitrogen and oxygen atoms in total. The largest absolute Gasteiger partial charge is 0.342 e. The standard InChI is InChI=1S/C11H21N3O2S/c1-4-14(5-2)10(15)6-13(3)11(16)9-7-17-8-12-9/h9,12H,4-8H2,1-3H3. The molecule has 0 aliphatic carbocycles. The SMILES string of the molecule is CCN(CC)C(=O)CN(C)C(=O)C1CSCN1. The van der Waals surface area contributed by atoms with Crippen molar-refractivity contribution in [2.24, 2.45) is 0 Å². The van der Waals surface area contributed by atoms with Crippen LogP contribution in [0.15, 0.2) is 0 Å². The number of rotatable bonds is 5. The fraction of sp³-hybridized carbons (Fsp3) is 0.818. The van der Waals surface area contributed by atoms with Gasteiger partial charge >= 0.3 is 0 Å². The van der Waals surface area contributed by atoms with E-state index in [1.165, 1.54) is 4.90 Å². The van der Waals surface area contributed by atoms with E-state index in [9.17, 15) is 9.59 Å². The second kappa shape index (κ2) is 6.86. The number of carbonyl (C=O) groups is 2. The molecule has 98 valence electrons. The summed E-state index contributed by atoms with van der Waals surface area (Å²) in [5.74, 6) is 1.63. The Kier molecular flexibility index (Phi) is 5.77. The molecule has 0 aromatic rings. The molecule has 6 heteroatoms. The van der Waals surface area contributed by atoms with Crippen LogP contribution in [0.2, 0.25) is 0 Å². The minimum atomic E-state index is -0.130. The maximum Gasteiger partial charge on any atom is 0.242 e. The number of amides is 2. The highest BCUT2D eigenvalue weighted by atomic mass is 32.2. The minimum Gasteiger partial charge on any atom is -0.342 e. The van der Waals surface area contributed by atoms with E-state index in [1.807, 2.05) is 13.8 Å². The number of thioether (sulfide) groups is 1. The van der Waals surface area contributed by atoms with Crippen molar-refractivity contribution in [3.05, 3.63) is 0 Å². The van der Waals surface area contributed by atoms with Gasteiger partial charge in [0.25, 0.3) is 0 Å². The zero-order valence-corrected chi connectivity index (χ0v) is 11.5. The smallest absolute Gasteiger partial charge is 0.242 e. The first-order chi connectivity index (χ1) is 8.10.